The molecule has 0 radical (unpaired) electrons. The number of carbonyl (C=O) groups is 1. The van der Waals surface area contributed by atoms with Crippen LogP contribution in [0.5, 0.6) is 0 Å². The summed E-state index contributed by atoms with van der Waals surface area (Å²) in [6, 6.07) is 6.59. The van der Waals surface area contributed by atoms with Crippen molar-refractivity contribution >= 4 is 23.2 Å². The lowest BCUT2D eigenvalue weighted by atomic mass is 9.96. The molecule has 0 atom stereocenters. The number of anilines is 1. The molecular weight excluding hydrogens is 286 g/mol. The van der Waals surface area contributed by atoms with Crippen LogP contribution in [0.4, 0.5) is 5.69 Å². The van der Waals surface area contributed by atoms with Crippen molar-refractivity contribution in [3.8, 4) is 0 Å². The van der Waals surface area contributed by atoms with Crippen LogP contribution in [0.15, 0.2) is 18.2 Å². The first-order valence-corrected chi connectivity index (χ1v) is 7.94. The zero-order valence-corrected chi connectivity index (χ0v) is 13.3. The van der Waals surface area contributed by atoms with Crippen molar-refractivity contribution in [2.24, 2.45) is 0 Å². The zero-order valence-electron chi connectivity index (χ0n) is 12.6. The van der Waals surface area contributed by atoms with Crippen molar-refractivity contribution in [1.29, 1.82) is 0 Å². The molecule has 1 heterocycles. The number of amides is 1. The highest BCUT2D eigenvalue weighted by Gasteiger charge is 2.38. The lowest BCUT2D eigenvalue weighted by Crippen LogP contribution is -2.62. The van der Waals surface area contributed by atoms with Gasteiger partial charge in [-0.15, -0.1) is 0 Å². The molecule has 21 heavy (non-hydrogen) atoms. The number of nitrogens with zero attached hydrogens (tertiary/aromatic N) is 1. The van der Waals surface area contributed by atoms with Gasteiger partial charge in [0.1, 0.15) is 5.54 Å². The monoisotopic (exact) mass is 307 g/mol. The number of hydrogen-bond acceptors (Lipinski definition) is 3. The lowest BCUT2D eigenvalue weighted by molar-refractivity contribution is -0.126. The average Bonchev–Trinajstić information content (AvgIpc) is 3.24. The van der Waals surface area contributed by atoms with E-state index in [-0.39, 0.29) is 5.91 Å². The fourth-order valence-corrected chi connectivity index (χ4v) is 3.02. The van der Waals surface area contributed by atoms with Crippen LogP contribution < -0.4 is 15.5 Å². The van der Waals surface area contributed by atoms with Crippen LogP contribution in [0, 0.1) is 0 Å². The summed E-state index contributed by atoms with van der Waals surface area (Å²) in [5, 5.41) is 7.21. The minimum absolute atomic E-state index is 0.0739. The van der Waals surface area contributed by atoms with E-state index in [1.165, 1.54) is 12.8 Å². The van der Waals surface area contributed by atoms with E-state index in [0.717, 1.165) is 29.4 Å². The van der Waals surface area contributed by atoms with Crippen molar-refractivity contribution in [1.82, 2.24) is 10.6 Å². The van der Waals surface area contributed by atoms with Gasteiger partial charge in [0.2, 0.25) is 5.91 Å². The molecule has 0 unspecified atom stereocenters. The Kier molecular flexibility index (Phi) is 3.84. The lowest BCUT2D eigenvalue weighted by Gasteiger charge is -2.43. The molecule has 0 spiro atoms. The second-order valence-electron chi connectivity index (χ2n) is 6.39. The van der Waals surface area contributed by atoms with E-state index < -0.39 is 5.54 Å². The summed E-state index contributed by atoms with van der Waals surface area (Å²) in [4.78, 5) is 14.3. The van der Waals surface area contributed by atoms with E-state index >= 15 is 0 Å². The molecule has 1 amide bonds. The predicted octanol–water partition coefficient (Wildman–Crippen LogP) is 2.31. The first kappa shape index (κ1) is 14.7. The molecule has 4 nitrogen and oxygen atoms in total. The molecule has 114 valence electrons. The third kappa shape index (κ3) is 3.01. The van der Waals surface area contributed by atoms with Crippen LogP contribution in [0.1, 0.15) is 32.3 Å². The molecule has 1 saturated heterocycles. The van der Waals surface area contributed by atoms with Gasteiger partial charge in [-0.3, -0.25) is 4.79 Å². The number of halogens is 1. The number of rotatable bonds is 4. The molecule has 0 aromatic heterocycles. The maximum Gasteiger partial charge on any atom is 0.245 e. The highest BCUT2D eigenvalue weighted by Crippen LogP contribution is 2.32. The molecular formula is C16H22ClN3O. The van der Waals surface area contributed by atoms with Gasteiger partial charge in [-0.1, -0.05) is 11.6 Å². The third-order valence-electron chi connectivity index (χ3n) is 4.34. The second kappa shape index (κ2) is 5.50. The fraction of sp³-hybridized carbons (Fsp3) is 0.562. The van der Waals surface area contributed by atoms with Gasteiger partial charge in [-0.05, 0) is 50.5 Å². The van der Waals surface area contributed by atoms with Gasteiger partial charge in [0.25, 0.3) is 0 Å². The Labute approximate surface area is 130 Å². The Hall–Kier alpha value is -1.26. The van der Waals surface area contributed by atoms with Crippen LogP contribution in [0.25, 0.3) is 0 Å². The van der Waals surface area contributed by atoms with Gasteiger partial charge in [0.15, 0.2) is 0 Å². The Balaban J connectivity index is 1.90. The van der Waals surface area contributed by atoms with Crippen LogP contribution in [-0.2, 0) is 11.3 Å². The molecule has 0 bridgehead atoms. The van der Waals surface area contributed by atoms with E-state index in [4.69, 9.17) is 11.6 Å². The number of nitrogens with one attached hydrogen (secondary N) is 2. The van der Waals surface area contributed by atoms with Crippen molar-refractivity contribution < 1.29 is 4.79 Å². The summed E-state index contributed by atoms with van der Waals surface area (Å²) < 4.78 is 0. The van der Waals surface area contributed by atoms with Gasteiger partial charge in [0, 0.05) is 36.4 Å². The normalized spacial score (nSPS) is 21.3. The van der Waals surface area contributed by atoms with Crippen LogP contribution in [-0.4, -0.2) is 30.6 Å². The molecule has 2 N–H and O–H groups in total. The molecule has 1 aromatic rings. The quantitative estimate of drug-likeness (QED) is 0.897. The second-order valence-corrected chi connectivity index (χ2v) is 6.83. The highest BCUT2D eigenvalue weighted by atomic mass is 35.5. The minimum atomic E-state index is -0.541. The van der Waals surface area contributed by atoms with Gasteiger partial charge < -0.3 is 15.5 Å². The topological polar surface area (TPSA) is 44.4 Å². The summed E-state index contributed by atoms with van der Waals surface area (Å²) in [7, 11) is 0. The van der Waals surface area contributed by atoms with E-state index in [9.17, 15) is 4.79 Å². The maximum atomic E-state index is 12.2. The van der Waals surface area contributed by atoms with Gasteiger partial charge >= 0.3 is 0 Å². The van der Waals surface area contributed by atoms with Gasteiger partial charge in [-0.25, -0.2) is 0 Å². The van der Waals surface area contributed by atoms with Crippen LogP contribution >= 0.6 is 11.6 Å². The summed E-state index contributed by atoms with van der Waals surface area (Å²) in [5.74, 6) is 0.0739. The molecule has 1 aliphatic carbocycles. The maximum absolute atomic E-state index is 12.2. The largest absolute Gasteiger partial charge is 0.355 e. The molecule has 5 heteroatoms. The number of hydrogen-bond donors (Lipinski definition) is 2. The van der Waals surface area contributed by atoms with E-state index in [2.05, 4.69) is 15.5 Å². The van der Waals surface area contributed by atoms with Crippen molar-refractivity contribution in [3.05, 3.63) is 28.8 Å². The smallest absolute Gasteiger partial charge is 0.245 e. The standard InChI is InChI=1S/C16H22ClN3O/c1-16(2)15(21)18-7-8-20(16)14-6-3-12(17)9-11(14)10-19-13-4-5-13/h3,6,9,13,19H,4-5,7-8,10H2,1-2H3,(H,18,21). The Bertz CT molecular complexity index is 554. The third-order valence-corrected chi connectivity index (χ3v) is 4.58. The summed E-state index contributed by atoms with van der Waals surface area (Å²) in [6.07, 6.45) is 2.51. The van der Waals surface area contributed by atoms with Crippen LogP contribution in [0.2, 0.25) is 5.02 Å². The predicted molar refractivity (Wildman–Crippen MR) is 85.7 cm³/mol. The van der Waals surface area contributed by atoms with Gasteiger partial charge in [-0.2, -0.15) is 0 Å². The summed E-state index contributed by atoms with van der Waals surface area (Å²) >= 11 is 6.16. The average molecular weight is 308 g/mol. The van der Waals surface area contributed by atoms with E-state index in [1.807, 2.05) is 32.0 Å². The van der Waals surface area contributed by atoms with Crippen LogP contribution in [0.3, 0.4) is 0 Å². The minimum Gasteiger partial charge on any atom is -0.355 e. The van der Waals surface area contributed by atoms with E-state index in [1.54, 1.807) is 0 Å². The SMILES string of the molecule is CC1(C)C(=O)NCCN1c1ccc(Cl)cc1CNC1CC1. The Morgan fingerprint density at radius 2 is 2.19 bits per heavy atom. The number of benzene rings is 1. The molecule has 1 aliphatic heterocycles. The summed E-state index contributed by atoms with van der Waals surface area (Å²) in [6.45, 7) is 6.23. The van der Waals surface area contributed by atoms with E-state index in [0.29, 0.717) is 12.6 Å². The first-order chi connectivity index (χ1) is 9.98. The Morgan fingerprint density at radius 1 is 1.43 bits per heavy atom. The molecule has 2 fully saturated rings. The molecule has 1 aromatic carbocycles. The Morgan fingerprint density at radius 3 is 2.90 bits per heavy atom. The van der Waals surface area contributed by atoms with Crippen molar-refractivity contribution in [3.63, 3.8) is 0 Å². The zero-order chi connectivity index (χ0) is 15.0. The fourth-order valence-electron chi connectivity index (χ4n) is 2.82. The first-order valence-electron chi connectivity index (χ1n) is 7.56. The van der Waals surface area contributed by atoms with Crippen molar-refractivity contribution in [2.45, 2.75) is 44.8 Å². The molecule has 2 aliphatic rings. The molecule has 1 saturated carbocycles. The number of carbonyl (C=O) groups excluding carboxylic acids is 1. The number of piperazine rings is 1. The van der Waals surface area contributed by atoms with Gasteiger partial charge in [0.05, 0.1) is 0 Å². The highest BCUT2D eigenvalue weighted by molar-refractivity contribution is 6.30. The summed E-state index contributed by atoms with van der Waals surface area (Å²) in [5.41, 5.74) is 1.73. The van der Waals surface area contributed by atoms with Crippen molar-refractivity contribution in [2.75, 3.05) is 18.0 Å². The molecule has 3 rings (SSSR count).